The summed E-state index contributed by atoms with van der Waals surface area (Å²) in [5, 5.41) is 0. The highest BCUT2D eigenvalue weighted by molar-refractivity contribution is 7.99. The van der Waals surface area contributed by atoms with E-state index in [0.717, 1.165) is 11.5 Å². The first-order chi connectivity index (χ1) is 8.31. The summed E-state index contributed by atoms with van der Waals surface area (Å²) >= 11 is 1.92. The minimum atomic E-state index is 0.210. The highest BCUT2D eigenvalue weighted by Gasteiger charge is 2.09. The van der Waals surface area contributed by atoms with Crippen molar-refractivity contribution < 1.29 is 4.74 Å². The van der Waals surface area contributed by atoms with Gasteiger partial charge in [0, 0.05) is 5.75 Å². The molecule has 0 amide bonds. The van der Waals surface area contributed by atoms with E-state index in [4.69, 9.17) is 10.6 Å². The van der Waals surface area contributed by atoms with Crippen LogP contribution in [0.15, 0.2) is 24.3 Å². The first-order valence-electron chi connectivity index (χ1n) is 6.08. The third kappa shape index (κ3) is 4.98. The zero-order valence-electron chi connectivity index (χ0n) is 10.6. The average molecular weight is 254 g/mol. The number of nitrogens with two attached hydrogens (primary N) is 1. The molecule has 0 heterocycles. The Morgan fingerprint density at radius 3 is 2.53 bits per heavy atom. The molecule has 0 fully saturated rings. The smallest absolute Gasteiger partial charge is 0.119 e. The number of nitrogens with one attached hydrogen (secondary N) is 1. The van der Waals surface area contributed by atoms with Gasteiger partial charge >= 0.3 is 0 Å². The molecule has 4 heteroatoms. The molecule has 0 bridgehead atoms. The first kappa shape index (κ1) is 14.4. The molecule has 96 valence electrons. The third-order valence-corrected chi connectivity index (χ3v) is 3.69. The van der Waals surface area contributed by atoms with Crippen LogP contribution in [0.5, 0.6) is 5.75 Å². The molecule has 1 aromatic carbocycles. The molecule has 0 radical (unpaired) electrons. The molecule has 1 rings (SSSR count). The molecule has 17 heavy (non-hydrogen) atoms. The summed E-state index contributed by atoms with van der Waals surface area (Å²) in [6.07, 6.45) is 1.20. The van der Waals surface area contributed by atoms with Crippen molar-refractivity contribution in [3.63, 3.8) is 0 Å². The van der Waals surface area contributed by atoms with E-state index in [0.29, 0.717) is 6.61 Å². The maximum atomic E-state index is 5.59. The van der Waals surface area contributed by atoms with Gasteiger partial charge in [0.15, 0.2) is 0 Å². The lowest BCUT2D eigenvalue weighted by molar-refractivity contribution is 0.340. The summed E-state index contributed by atoms with van der Waals surface area (Å²) < 4.78 is 5.42. The van der Waals surface area contributed by atoms with Crippen LogP contribution >= 0.6 is 11.8 Å². The Kier molecular flexibility index (Phi) is 7.08. The summed E-state index contributed by atoms with van der Waals surface area (Å²) in [6, 6.07) is 8.34. The number of thioether (sulfide) groups is 1. The van der Waals surface area contributed by atoms with Gasteiger partial charge in [0.05, 0.1) is 12.6 Å². The van der Waals surface area contributed by atoms with E-state index < -0.39 is 0 Å². The van der Waals surface area contributed by atoms with Crippen molar-refractivity contribution in [2.45, 2.75) is 26.3 Å². The van der Waals surface area contributed by atoms with Gasteiger partial charge in [0.2, 0.25) is 0 Å². The molecule has 1 aromatic rings. The Bertz CT molecular complexity index is 303. The van der Waals surface area contributed by atoms with Crippen LogP contribution in [0.3, 0.4) is 0 Å². The summed E-state index contributed by atoms with van der Waals surface area (Å²) in [5.74, 6) is 8.67. The SMILES string of the molecule is CCCSCC(NN)c1ccc(OCC)cc1. The van der Waals surface area contributed by atoms with E-state index in [1.807, 2.05) is 30.8 Å². The average Bonchev–Trinajstić information content (AvgIpc) is 2.36. The zero-order chi connectivity index (χ0) is 12.5. The molecule has 0 aliphatic carbocycles. The van der Waals surface area contributed by atoms with E-state index >= 15 is 0 Å². The Labute approximate surface area is 108 Å². The molecular formula is C13H22N2OS. The normalized spacial score (nSPS) is 12.4. The van der Waals surface area contributed by atoms with Gasteiger partial charge in [-0.3, -0.25) is 11.3 Å². The standard InChI is InChI=1S/C13H22N2OS/c1-3-9-17-10-13(15-14)11-5-7-12(8-6-11)16-4-2/h5-8,13,15H,3-4,9-10,14H2,1-2H3. The molecule has 0 aliphatic heterocycles. The van der Waals surface area contributed by atoms with Crippen molar-refractivity contribution in [3.8, 4) is 5.75 Å². The van der Waals surface area contributed by atoms with Crippen molar-refractivity contribution in [1.82, 2.24) is 5.43 Å². The Morgan fingerprint density at radius 1 is 1.29 bits per heavy atom. The third-order valence-electron chi connectivity index (χ3n) is 2.43. The highest BCUT2D eigenvalue weighted by atomic mass is 32.2. The number of hydrogen-bond donors (Lipinski definition) is 2. The molecule has 3 nitrogen and oxygen atoms in total. The Morgan fingerprint density at radius 2 is 2.00 bits per heavy atom. The Hall–Kier alpha value is -0.710. The minimum Gasteiger partial charge on any atom is -0.494 e. The van der Waals surface area contributed by atoms with Gasteiger partial charge in [0.1, 0.15) is 5.75 Å². The van der Waals surface area contributed by atoms with Crippen LogP contribution in [-0.4, -0.2) is 18.1 Å². The van der Waals surface area contributed by atoms with Crippen LogP contribution in [0.25, 0.3) is 0 Å². The molecular weight excluding hydrogens is 232 g/mol. The number of hydrogen-bond acceptors (Lipinski definition) is 4. The summed E-state index contributed by atoms with van der Waals surface area (Å²) in [5.41, 5.74) is 4.07. The molecule has 0 saturated carbocycles. The van der Waals surface area contributed by atoms with E-state index in [1.54, 1.807) is 0 Å². The number of hydrazine groups is 1. The van der Waals surface area contributed by atoms with Crippen LogP contribution in [0.4, 0.5) is 0 Å². The first-order valence-corrected chi connectivity index (χ1v) is 7.23. The van der Waals surface area contributed by atoms with Crippen LogP contribution in [0.1, 0.15) is 31.9 Å². The molecule has 1 atom stereocenters. The molecule has 1 unspecified atom stereocenters. The van der Waals surface area contributed by atoms with Gasteiger partial charge in [-0.05, 0) is 36.8 Å². The number of rotatable bonds is 8. The van der Waals surface area contributed by atoms with Crippen molar-refractivity contribution in [2.75, 3.05) is 18.1 Å². The van der Waals surface area contributed by atoms with Crippen LogP contribution < -0.4 is 16.0 Å². The lowest BCUT2D eigenvalue weighted by atomic mass is 10.1. The maximum Gasteiger partial charge on any atom is 0.119 e. The molecule has 0 aromatic heterocycles. The van der Waals surface area contributed by atoms with Gasteiger partial charge in [-0.1, -0.05) is 19.1 Å². The second kappa shape index (κ2) is 8.39. The lowest BCUT2D eigenvalue weighted by Crippen LogP contribution is -2.29. The van der Waals surface area contributed by atoms with Crippen molar-refractivity contribution >= 4 is 11.8 Å². The fourth-order valence-electron chi connectivity index (χ4n) is 1.55. The van der Waals surface area contributed by atoms with Crippen LogP contribution in [0.2, 0.25) is 0 Å². The largest absolute Gasteiger partial charge is 0.494 e. The second-order valence-electron chi connectivity index (χ2n) is 3.80. The quantitative estimate of drug-likeness (QED) is 0.425. The number of benzene rings is 1. The predicted octanol–water partition coefficient (Wildman–Crippen LogP) is 2.73. The predicted molar refractivity (Wildman–Crippen MR) is 75.3 cm³/mol. The van der Waals surface area contributed by atoms with Gasteiger partial charge < -0.3 is 4.74 Å². The molecule has 0 aliphatic rings. The minimum absolute atomic E-state index is 0.210. The number of ether oxygens (including phenoxy) is 1. The van der Waals surface area contributed by atoms with Gasteiger partial charge in [-0.15, -0.1) is 0 Å². The highest BCUT2D eigenvalue weighted by Crippen LogP contribution is 2.21. The fraction of sp³-hybridized carbons (Fsp3) is 0.538. The van der Waals surface area contributed by atoms with E-state index in [2.05, 4.69) is 24.5 Å². The maximum absolute atomic E-state index is 5.59. The molecule has 0 spiro atoms. The van der Waals surface area contributed by atoms with E-state index in [9.17, 15) is 0 Å². The fourth-order valence-corrected chi connectivity index (χ4v) is 2.53. The van der Waals surface area contributed by atoms with Gasteiger partial charge in [0.25, 0.3) is 0 Å². The summed E-state index contributed by atoms with van der Waals surface area (Å²) in [6.45, 7) is 4.87. The van der Waals surface area contributed by atoms with Crippen molar-refractivity contribution in [3.05, 3.63) is 29.8 Å². The van der Waals surface area contributed by atoms with Crippen LogP contribution in [-0.2, 0) is 0 Å². The zero-order valence-corrected chi connectivity index (χ0v) is 11.4. The Balaban J connectivity index is 2.55. The summed E-state index contributed by atoms with van der Waals surface area (Å²) in [4.78, 5) is 0. The topological polar surface area (TPSA) is 47.3 Å². The van der Waals surface area contributed by atoms with E-state index in [1.165, 1.54) is 17.7 Å². The summed E-state index contributed by atoms with van der Waals surface area (Å²) in [7, 11) is 0. The molecule has 0 saturated heterocycles. The van der Waals surface area contributed by atoms with Crippen LogP contribution in [0, 0.1) is 0 Å². The van der Waals surface area contributed by atoms with Crippen molar-refractivity contribution in [2.24, 2.45) is 5.84 Å². The monoisotopic (exact) mass is 254 g/mol. The van der Waals surface area contributed by atoms with Gasteiger partial charge in [-0.25, -0.2) is 0 Å². The molecule has 3 N–H and O–H groups in total. The van der Waals surface area contributed by atoms with Crippen molar-refractivity contribution in [1.29, 1.82) is 0 Å². The second-order valence-corrected chi connectivity index (χ2v) is 4.95. The lowest BCUT2D eigenvalue weighted by Gasteiger charge is -2.16. The van der Waals surface area contributed by atoms with Gasteiger partial charge in [-0.2, -0.15) is 11.8 Å². The van der Waals surface area contributed by atoms with E-state index in [-0.39, 0.29) is 6.04 Å².